The van der Waals surface area contributed by atoms with Gasteiger partial charge in [0.25, 0.3) is 0 Å². The molecule has 0 amide bonds. The molecule has 0 aliphatic carbocycles. The molecule has 0 bridgehead atoms. The lowest BCUT2D eigenvalue weighted by atomic mass is 10.2. The quantitative estimate of drug-likeness (QED) is 0.734. The molecular formula is C14H12BrN5. The van der Waals surface area contributed by atoms with E-state index < -0.39 is 0 Å². The first-order valence-electron chi connectivity index (χ1n) is 6.06. The SMILES string of the molecule is Cc1cccc(-n2nnnc2-c2ccc(Br)c(N)c2)c1. The van der Waals surface area contributed by atoms with Gasteiger partial charge in [0.1, 0.15) is 0 Å². The molecule has 0 aliphatic heterocycles. The van der Waals surface area contributed by atoms with Crippen LogP contribution in [0.2, 0.25) is 0 Å². The van der Waals surface area contributed by atoms with Gasteiger partial charge in [0.2, 0.25) is 0 Å². The predicted octanol–water partition coefficient (Wildman–Crippen LogP) is 2.98. The Balaban J connectivity index is 2.12. The van der Waals surface area contributed by atoms with Crippen molar-refractivity contribution in [3.63, 3.8) is 0 Å². The van der Waals surface area contributed by atoms with E-state index in [0.29, 0.717) is 11.5 Å². The van der Waals surface area contributed by atoms with E-state index in [1.165, 1.54) is 0 Å². The Bertz CT molecular complexity index is 766. The fourth-order valence-corrected chi connectivity index (χ4v) is 2.23. The molecular weight excluding hydrogens is 318 g/mol. The number of benzene rings is 2. The minimum Gasteiger partial charge on any atom is -0.398 e. The normalized spacial score (nSPS) is 10.7. The molecule has 0 unspecified atom stereocenters. The second-order valence-electron chi connectivity index (χ2n) is 4.49. The van der Waals surface area contributed by atoms with Crippen molar-refractivity contribution >= 4 is 21.6 Å². The summed E-state index contributed by atoms with van der Waals surface area (Å²) in [6.45, 7) is 2.03. The molecule has 6 heteroatoms. The van der Waals surface area contributed by atoms with Crippen LogP contribution in [0, 0.1) is 6.92 Å². The Kier molecular flexibility index (Phi) is 3.23. The van der Waals surface area contributed by atoms with Crippen LogP contribution in [-0.2, 0) is 0 Å². The third kappa shape index (κ3) is 2.30. The van der Waals surface area contributed by atoms with Crippen molar-refractivity contribution in [2.24, 2.45) is 0 Å². The number of anilines is 1. The average Bonchev–Trinajstić information content (AvgIpc) is 2.91. The van der Waals surface area contributed by atoms with Gasteiger partial charge in [-0.3, -0.25) is 0 Å². The highest BCUT2D eigenvalue weighted by atomic mass is 79.9. The summed E-state index contributed by atoms with van der Waals surface area (Å²) in [5.74, 6) is 0.662. The molecule has 5 nitrogen and oxygen atoms in total. The lowest BCUT2D eigenvalue weighted by molar-refractivity contribution is 0.790. The van der Waals surface area contributed by atoms with Gasteiger partial charge in [-0.2, -0.15) is 4.68 Å². The van der Waals surface area contributed by atoms with Gasteiger partial charge < -0.3 is 5.73 Å². The monoisotopic (exact) mass is 329 g/mol. The van der Waals surface area contributed by atoms with Gasteiger partial charge >= 0.3 is 0 Å². The van der Waals surface area contributed by atoms with Crippen molar-refractivity contribution < 1.29 is 0 Å². The maximum absolute atomic E-state index is 5.91. The van der Waals surface area contributed by atoms with Gasteiger partial charge in [0.05, 0.1) is 5.69 Å². The molecule has 0 saturated carbocycles. The van der Waals surface area contributed by atoms with Crippen LogP contribution in [0.4, 0.5) is 5.69 Å². The van der Waals surface area contributed by atoms with Crippen LogP contribution in [0.3, 0.4) is 0 Å². The highest BCUT2D eigenvalue weighted by molar-refractivity contribution is 9.10. The zero-order chi connectivity index (χ0) is 14.1. The first-order valence-corrected chi connectivity index (χ1v) is 6.85. The number of rotatable bonds is 2. The molecule has 0 atom stereocenters. The number of hydrogen-bond donors (Lipinski definition) is 1. The van der Waals surface area contributed by atoms with Gasteiger partial charge in [-0.05, 0) is 69.2 Å². The highest BCUT2D eigenvalue weighted by Crippen LogP contribution is 2.26. The van der Waals surface area contributed by atoms with Gasteiger partial charge in [-0.25, -0.2) is 0 Å². The largest absolute Gasteiger partial charge is 0.398 e. The molecule has 0 fully saturated rings. The minimum absolute atomic E-state index is 0.654. The molecule has 1 aromatic heterocycles. The second kappa shape index (κ2) is 5.05. The minimum atomic E-state index is 0.654. The lowest BCUT2D eigenvalue weighted by Crippen LogP contribution is -2.00. The number of hydrogen-bond acceptors (Lipinski definition) is 4. The third-order valence-corrected chi connectivity index (χ3v) is 3.69. The van der Waals surface area contributed by atoms with Gasteiger partial charge in [-0.15, -0.1) is 5.10 Å². The standard InChI is InChI=1S/C14H12BrN5/c1-9-3-2-4-11(7-9)20-14(17-18-19-20)10-5-6-12(15)13(16)8-10/h2-8H,16H2,1H3. The van der Waals surface area contributed by atoms with Crippen LogP contribution in [0.5, 0.6) is 0 Å². The van der Waals surface area contributed by atoms with E-state index in [2.05, 4.69) is 31.5 Å². The smallest absolute Gasteiger partial charge is 0.187 e. The fraction of sp³-hybridized carbons (Fsp3) is 0.0714. The summed E-state index contributed by atoms with van der Waals surface area (Å²) in [7, 11) is 0. The Morgan fingerprint density at radius 1 is 1.15 bits per heavy atom. The number of nitrogen functional groups attached to an aromatic ring is 1. The van der Waals surface area contributed by atoms with E-state index in [-0.39, 0.29) is 0 Å². The Morgan fingerprint density at radius 2 is 2.00 bits per heavy atom. The predicted molar refractivity (Wildman–Crippen MR) is 81.4 cm³/mol. The first kappa shape index (κ1) is 12.8. The summed E-state index contributed by atoms with van der Waals surface area (Å²) in [6.07, 6.45) is 0. The van der Waals surface area contributed by atoms with Crippen molar-refractivity contribution in [3.05, 3.63) is 52.5 Å². The molecule has 0 saturated heterocycles. The van der Waals surface area contributed by atoms with Gasteiger partial charge in [0.15, 0.2) is 5.82 Å². The number of tetrazole rings is 1. The van der Waals surface area contributed by atoms with E-state index in [1.54, 1.807) is 4.68 Å². The second-order valence-corrected chi connectivity index (χ2v) is 5.34. The summed E-state index contributed by atoms with van der Waals surface area (Å²) < 4.78 is 2.56. The maximum atomic E-state index is 5.91. The molecule has 1 heterocycles. The topological polar surface area (TPSA) is 69.6 Å². The molecule has 3 rings (SSSR count). The van der Waals surface area contributed by atoms with E-state index in [0.717, 1.165) is 21.3 Å². The van der Waals surface area contributed by atoms with Crippen LogP contribution in [0.15, 0.2) is 46.9 Å². The zero-order valence-electron chi connectivity index (χ0n) is 10.8. The molecule has 2 aromatic carbocycles. The molecule has 0 aliphatic rings. The Morgan fingerprint density at radius 3 is 2.75 bits per heavy atom. The molecule has 3 aromatic rings. The van der Waals surface area contributed by atoms with E-state index in [1.807, 2.05) is 49.4 Å². The molecule has 20 heavy (non-hydrogen) atoms. The van der Waals surface area contributed by atoms with Crippen molar-refractivity contribution in [1.82, 2.24) is 20.2 Å². The number of halogens is 1. The van der Waals surface area contributed by atoms with Crippen LogP contribution in [0.1, 0.15) is 5.56 Å². The number of aryl methyl sites for hydroxylation is 1. The number of aromatic nitrogens is 4. The Labute approximate surface area is 124 Å². The summed E-state index contributed by atoms with van der Waals surface area (Å²) in [5, 5.41) is 11.9. The fourth-order valence-electron chi connectivity index (χ4n) is 1.98. The van der Waals surface area contributed by atoms with Gasteiger partial charge in [-0.1, -0.05) is 12.1 Å². The van der Waals surface area contributed by atoms with E-state index in [4.69, 9.17) is 5.73 Å². The summed E-state index contributed by atoms with van der Waals surface area (Å²) >= 11 is 3.38. The number of nitrogens with two attached hydrogens (primary N) is 1. The lowest BCUT2D eigenvalue weighted by Gasteiger charge is -2.06. The molecule has 100 valence electrons. The zero-order valence-corrected chi connectivity index (χ0v) is 12.4. The van der Waals surface area contributed by atoms with E-state index in [9.17, 15) is 0 Å². The van der Waals surface area contributed by atoms with Crippen molar-refractivity contribution in [2.75, 3.05) is 5.73 Å². The summed E-state index contributed by atoms with van der Waals surface area (Å²) in [5.41, 5.74) is 9.52. The first-order chi connectivity index (χ1) is 9.65. The van der Waals surface area contributed by atoms with Gasteiger partial charge in [0, 0.05) is 15.7 Å². The summed E-state index contributed by atoms with van der Waals surface area (Å²) in [6, 6.07) is 13.7. The third-order valence-electron chi connectivity index (χ3n) is 2.97. The maximum Gasteiger partial charge on any atom is 0.187 e. The molecule has 0 radical (unpaired) electrons. The van der Waals surface area contributed by atoms with Crippen LogP contribution < -0.4 is 5.73 Å². The van der Waals surface area contributed by atoms with Crippen LogP contribution in [0.25, 0.3) is 17.1 Å². The van der Waals surface area contributed by atoms with Crippen molar-refractivity contribution in [1.29, 1.82) is 0 Å². The number of nitrogens with zero attached hydrogens (tertiary/aromatic N) is 4. The van der Waals surface area contributed by atoms with Crippen LogP contribution >= 0.6 is 15.9 Å². The highest BCUT2D eigenvalue weighted by Gasteiger charge is 2.11. The molecule has 2 N–H and O–H groups in total. The van der Waals surface area contributed by atoms with Crippen LogP contribution in [-0.4, -0.2) is 20.2 Å². The van der Waals surface area contributed by atoms with E-state index >= 15 is 0 Å². The van der Waals surface area contributed by atoms with Crippen molar-refractivity contribution in [3.8, 4) is 17.1 Å². The average molecular weight is 330 g/mol. The van der Waals surface area contributed by atoms with Crippen molar-refractivity contribution in [2.45, 2.75) is 6.92 Å². The molecule has 0 spiro atoms. The Hall–Kier alpha value is -2.21. The summed E-state index contributed by atoms with van der Waals surface area (Å²) in [4.78, 5) is 0.